The normalized spacial score (nSPS) is 12.1. The van der Waals surface area contributed by atoms with Crippen LogP contribution in [0.5, 0.6) is 0 Å². The summed E-state index contributed by atoms with van der Waals surface area (Å²) in [6.07, 6.45) is 1.01. The summed E-state index contributed by atoms with van der Waals surface area (Å²) in [6, 6.07) is 51.9. The van der Waals surface area contributed by atoms with Gasteiger partial charge in [-0.25, -0.2) is 15.0 Å². The van der Waals surface area contributed by atoms with Crippen molar-refractivity contribution in [3.8, 4) is 67.5 Å². The highest BCUT2D eigenvalue weighted by atomic mass is 28.3. The zero-order chi connectivity index (χ0) is 32.0. The van der Waals surface area contributed by atoms with E-state index in [1.165, 1.54) is 44.1 Å². The van der Waals surface area contributed by atoms with Crippen LogP contribution in [0.1, 0.15) is 11.1 Å². The molecule has 1 heterocycles. The molecule has 0 atom stereocenters. The van der Waals surface area contributed by atoms with E-state index in [1.807, 2.05) is 18.2 Å². The van der Waals surface area contributed by atoms with E-state index in [4.69, 9.17) is 15.0 Å². The van der Waals surface area contributed by atoms with Crippen LogP contribution >= 0.6 is 0 Å². The molecule has 0 aliphatic heterocycles. The number of nitrogens with zero attached hydrogens (tertiary/aromatic N) is 3. The average Bonchev–Trinajstić information content (AvgIpc) is 3.92. The molecule has 226 valence electrons. The van der Waals surface area contributed by atoms with Gasteiger partial charge < -0.3 is 0 Å². The minimum absolute atomic E-state index is 0.682. The lowest BCUT2D eigenvalue weighted by Gasteiger charge is -2.17. The molecule has 6 aromatic carbocycles. The van der Waals surface area contributed by atoms with Gasteiger partial charge in [-0.2, -0.15) is 0 Å². The van der Waals surface area contributed by atoms with Crippen LogP contribution in [0.4, 0.5) is 0 Å². The van der Waals surface area contributed by atoms with E-state index in [0.29, 0.717) is 11.6 Å². The molecule has 0 amide bonds. The molecule has 0 saturated carbocycles. The van der Waals surface area contributed by atoms with Gasteiger partial charge in [-0.15, -0.1) is 0 Å². The molecule has 1 aliphatic carbocycles. The maximum absolute atomic E-state index is 4.98. The van der Waals surface area contributed by atoms with Crippen molar-refractivity contribution in [1.29, 1.82) is 0 Å². The van der Waals surface area contributed by atoms with Gasteiger partial charge in [0.05, 0.1) is 8.07 Å². The first-order chi connectivity index (χ1) is 22.9. The Bertz CT molecular complexity index is 2230. The topological polar surface area (TPSA) is 38.7 Å². The summed E-state index contributed by atoms with van der Waals surface area (Å²) in [5.41, 5.74) is 13.0. The molecule has 0 fully saturated rings. The van der Waals surface area contributed by atoms with Crippen LogP contribution in [0, 0.1) is 0 Å². The lowest BCUT2D eigenvalue weighted by atomic mass is 9.96. The van der Waals surface area contributed by atoms with E-state index in [-0.39, 0.29) is 0 Å². The lowest BCUT2D eigenvalue weighted by Crippen LogP contribution is -2.37. The second-order valence-corrected chi connectivity index (χ2v) is 18.4. The second kappa shape index (κ2) is 11.7. The van der Waals surface area contributed by atoms with Crippen molar-refractivity contribution in [3.05, 3.63) is 157 Å². The molecule has 0 bridgehead atoms. The molecular formula is C43H35N3Si. The third-order valence-electron chi connectivity index (χ3n) is 9.04. The number of fused-ring (bicyclic) bond motifs is 1. The first-order valence-corrected chi connectivity index (χ1v) is 19.7. The van der Waals surface area contributed by atoms with Gasteiger partial charge in [0.2, 0.25) is 0 Å². The van der Waals surface area contributed by atoms with Crippen LogP contribution < -0.4 is 5.19 Å². The Morgan fingerprint density at radius 2 is 0.851 bits per heavy atom. The molecular weight excluding hydrogens is 587 g/mol. The first kappa shape index (κ1) is 29.0. The molecule has 0 radical (unpaired) electrons. The van der Waals surface area contributed by atoms with Crippen molar-refractivity contribution in [2.24, 2.45) is 0 Å². The average molecular weight is 622 g/mol. The summed E-state index contributed by atoms with van der Waals surface area (Å²) in [4.78, 5) is 14.8. The summed E-state index contributed by atoms with van der Waals surface area (Å²) >= 11 is 0. The zero-order valence-corrected chi connectivity index (χ0v) is 27.9. The van der Waals surface area contributed by atoms with E-state index in [1.54, 1.807) is 0 Å². The minimum Gasteiger partial charge on any atom is -0.208 e. The summed E-state index contributed by atoms with van der Waals surface area (Å²) in [6.45, 7) is 7.17. The largest absolute Gasteiger partial charge is 0.208 e. The third kappa shape index (κ3) is 5.96. The predicted octanol–water partition coefficient (Wildman–Crippen LogP) is 10.3. The summed E-state index contributed by atoms with van der Waals surface area (Å²) < 4.78 is 0. The van der Waals surface area contributed by atoms with Crippen LogP contribution in [-0.4, -0.2) is 23.0 Å². The highest BCUT2D eigenvalue weighted by Crippen LogP contribution is 2.37. The molecule has 0 saturated heterocycles. The van der Waals surface area contributed by atoms with Crippen molar-refractivity contribution in [2.45, 2.75) is 26.1 Å². The highest BCUT2D eigenvalue weighted by molar-refractivity contribution is 6.88. The highest BCUT2D eigenvalue weighted by Gasteiger charge is 2.24. The molecule has 0 spiro atoms. The Morgan fingerprint density at radius 1 is 0.404 bits per heavy atom. The van der Waals surface area contributed by atoms with Gasteiger partial charge in [0.25, 0.3) is 0 Å². The fourth-order valence-electron chi connectivity index (χ4n) is 6.22. The van der Waals surface area contributed by atoms with Crippen molar-refractivity contribution >= 4 is 13.3 Å². The minimum atomic E-state index is -1.33. The maximum atomic E-state index is 4.98. The SMILES string of the molecule is C[Si](C)(C)c1ccc(-c2cccc(-c3cccc(-c4ccc(-c5nc(-c6ccccc6)nc(-c6cccc7c6C7)n5)cc4)c3)c2)cc1. The molecule has 1 aliphatic rings. The number of rotatable bonds is 7. The summed E-state index contributed by atoms with van der Waals surface area (Å²) in [5.74, 6) is 2.10. The molecule has 47 heavy (non-hydrogen) atoms. The van der Waals surface area contributed by atoms with Gasteiger partial charge in [0.1, 0.15) is 0 Å². The van der Waals surface area contributed by atoms with Gasteiger partial charge in [0.15, 0.2) is 17.5 Å². The molecule has 7 aromatic rings. The Hall–Kier alpha value is -5.45. The molecule has 8 rings (SSSR count). The summed E-state index contributed by atoms with van der Waals surface area (Å²) in [7, 11) is -1.33. The Morgan fingerprint density at radius 3 is 1.43 bits per heavy atom. The van der Waals surface area contributed by atoms with Crippen molar-refractivity contribution < 1.29 is 0 Å². The predicted molar refractivity (Wildman–Crippen MR) is 198 cm³/mol. The number of aromatic nitrogens is 3. The number of hydrogen-bond donors (Lipinski definition) is 0. The number of benzene rings is 6. The van der Waals surface area contributed by atoms with Crippen molar-refractivity contribution in [2.75, 3.05) is 0 Å². The van der Waals surface area contributed by atoms with Gasteiger partial charge in [-0.05, 0) is 63.1 Å². The zero-order valence-electron chi connectivity index (χ0n) is 26.9. The fourth-order valence-corrected chi connectivity index (χ4v) is 7.38. The van der Waals surface area contributed by atoms with Gasteiger partial charge in [0, 0.05) is 16.7 Å². The van der Waals surface area contributed by atoms with Crippen LogP contribution in [0.3, 0.4) is 0 Å². The van der Waals surface area contributed by atoms with E-state index < -0.39 is 8.07 Å². The Labute approximate surface area is 277 Å². The molecule has 0 unspecified atom stereocenters. The van der Waals surface area contributed by atoms with Crippen LogP contribution in [0.25, 0.3) is 67.5 Å². The molecule has 4 heteroatoms. The van der Waals surface area contributed by atoms with E-state index in [9.17, 15) is 0 Å². The van der Waals surface area contributed by atoms with Crippen molar-refractivity contribution in [1.82, 2.24) is 15.0 Å². The molecule has 3 nitrogen and oxygen atoms in total. The van der Waals surface area contributed by atoms with Crippen LogP contribution in [0.2, 0.25) is 19.6 Å². The molecule has 1 aromatic heterocycles. The Kier molecular flexibility index (Phi) is 7.23. The van der Waals surface area contributed by atoms with Crippen LogP contribution in [-0.2, 0) is 6.42 Å². The van der Waals surface area contributed by atoms with Crippen LogP contribution in [0.15, 0.2) is 146 Å². The van der Waals surface area contributed by atoms with Gasteiger partial charge >= 0.3 is 0 Å². The molecule has 0 N–H and O–H groups in total. The quantitative estimate of drug-likeness (QED) is 0.166. The lowest BCUT2D eigenvalue weighted by molar-refractivity contribution is 1.07. The fraction of sp³-hybridized carbons (Fsp3) is 0.0930. The standard InChI is InChI=1S/C43H35N3Si/c1-47(2,3)38-24-22-30(23-25-38)34-13-8-15-36(27-34)35-14-7-12-33(26-35)29-18-20-32(21-19-29)42-44-41(31-10-5-4-6-11-31)45-43(46-42)39-17-9-16-37-28-40(37)39/h4-27H,28H2,1-3H3. The second-order valence-electron chi connectivity index (χ2n) is 13.4. The smallest absolute Gasteiger partial charge is 0.164 e. The van der Waals surface area contributed by atoms with E-state index in [2.05, 4.69) is 147 Å². The third-order valence-corrected chi connectivity index (χ3v) is 11.1. The monoisotopic (exact) mass is 621 g/mol. The number of hydrogen-bond acceptors (Lipinski definition) is 3. The maximum Gasteiger partial charge on any atom is 0.164 e. The Balaban J connectivity index is 1.10. The van der Waals surface area contributed by atoms with E-state index in [0.717, 1.165) is 34.5 Å². The first-order valence-electron chi connectivity index (χ1n) is 16.2. The van der Waals surface area contributed by atoms with E-state index >= 15 is 0 Å². The summed E-state index contributed by atoms with van der Waals surface area (Å²) in [5, 5.41) is 1.48. The van der Waals surface area contributed by atoms with Crippen molar-refractivity contribution in [3.63, 3.8) is 0 Å². The van der Waals surface area contributed by atoms with Gasteiger partial charge in [-0.3, -0.25) is 0 Å². The van der Waals surface area contributed by atoms with Gasteiger partial charge in [-0.1, -0.05) is 158 Å².